The maximum atomic E-state index is 12.3. The summed E-state index contributed by atoms with van der Waals surface area (Å²) in [6.45, 7) is 3.33. The molecule has 1 atom stereocenters. The Morgan fingerprint density at radius 3 is 3.00 bits per heavy atom. The Labute approximate surface area is 118 Å². The summed E-state index contributed by atoms with van der Waals surface area (Å²) in [5.74, 6) is 1.03. The van der Waals surface area contributed by atoms with E-state index in [1.807, 2.05) is 35.0 Å². The maximum Gasteiger partial charge on any atom is 0.241 e. The second-order valence-corrected chi connectivity index (χ2v) is 6.04. The van der Waals surface area contributed by atoms with Crippen molar-refractivity contribution in [2.24, 2.45) is 0 Å². The zero-order valence-electron chi connectivity index (χ0n) is 11.4. The number of likely N-dealkylation sites (N-methyl/N-ethyl adjacent to an activating group) is 1. The molecule has 1 aromatic rings. The van der Waals surface area contributed by atoms with E-state index >= 15 is 0 Å². The number of carbonyl (C=O) groups excluding carboxylic acids is 1. The van der Waals surface area contributed by atoms with Crippen molar-refractivity contribution in [3.05, 3.63) is 24.3 Å². The Morgan fingerprint density at radius 2 is 2.26 bits per heavy atom. The highest BCUT2D eigenvalue weighted by Crippen LogP contribution is 2.34. The molecular weight excluding hydrogens is 260 g/mol. The summed E-state index contributed by atoms with van der Waals surface area (Å²) in [6, 6.07) is 8.01. The third kappa shape index (κ3) is 3.72. The van der Waals surface area contributed by atoms with Crippen LogP contribution in [-0.2, 0) is 4.79 Å². The summed E-state index contributed by atoms with van der Waals surface area (Å²) >= 11 is 1.79. The number of benzene rings is 1. The van der Waals surface area contributed by atoms with E-state index < -0.39 is 6.10 Å². The number of aliphatic hydroxyl groups is 1. The largest absolute Gasteiger partial charge is 0.392 e. The van der Waals surface area contributed by atoms with Gasteiger partial charge in [-0.3, -0.25) is 9.69 Å². The van der Waals surface area contributed by atoms with Crippen molar-refractivity contribution in [2.45, 2.75) is 17.9 Å². The van der Waals surface area contributed by atoms with Gasteiger partial charge in [0.05, 0.1) is 18.3 Å². The van der Waals surface area contributed by atoms with Gasteiger partial charge in [-0.05, 0) is 26.1 Å². The maximum absolute atomic E-state index is 12.3. The van der Waals surface area contributed by atoms with E-state index in [2.05, 4.69) is 6.07 Å². The van der Waals surface area contributed by atoms with E-state index in [9.17, 15) is 9.90 Å². The molecule has 0 saturated carbocycles. The van der Waals surface area contributed by atoms with Gasteiger partial charge in [0.2, 0.25) is 5.91 Å². The summed E-state index contributed by atoms with van der Waals surface area (Å²) in [7, 11) is 1.86. The molecule has 1 aliphatic rings. The molecule has 5 heteroatoms. The summed E-state index contributed by atoms with van der Waals surface area (Å²) in [5, 5.41) is 9.33. The van der Waals surface area contributed by atoms with Crippen molar-refractivity contribution in [3.8, 4) is 0 Å². The molecule has 1 aliphatic heterocycles. The lowest BCUT2D eigenvalue weighted by atomic mass is 10.2. The quantitative estimate of drug-likeness (QED) is 0.906. The monoisotopic (exact) mass is 280 g/mol. The number of carbonyl (C=O) groups is 1. The molecule has 0 bridgehead atoms. The second-order valence-electron chi connectivity index (χ2n) is 4.91. The molecule has 0 fully saturated rings. The smallest absolute Gasteiger partial charge is 0.241 e. The first kappa shape index (κ1) is 14.4. The first-order chi connectivity index (χ1) is 9.08. The topological polar surface area (TPSA) is 43.8 Å². The molecule has 1 aromatic carbocycles. The Bertz CT molecular complexity index is 451. The number of anilines is 1. The van der Waals surface area contributed by atoms with E-state index in [4.69, 9.17) is 0 Å². The molecule has 19 heavy (non-hydrogen) atoms. The molecule has 4 nitrogen and oxygen atoms in total. The van der Waals surface area contributed by atoms with E-state index in [1.165, 1.54) is 4.90 Å². The third-order valence-electron chi connectivity index (χ3n) is 3.01. The zero-order chi connectivity index (χ0) is 13.8. The Hall–Kier alpha value is -1.04. The van der Waals surface area contributed by atoms with Gasteiger partial charge in [-0.1, -0.05) is 12.1 Å². The fraction of sp³-hybridized carbons (Fsp3) is 0.500. The summed E-state index contributed by atoms with van der Waals surface area (Å²) in [6.07, 6.45) is -0.415. The molecule has 0 aromatic heterocycles. The number of thioether (sulfide) groups is 1. The molecule has 0 radical (unpaired) electrons. The molecule has 1 amide bonds. The van der Waals surface area contributed by atoms with Crippen LogP contribution in [0.15, 0.2) is 29.2 Å². The van der Waals surface area contributed by atoms with Gasteiger partial charge in [0.25, 0.3) is 0 Å². The highest BCUT2D eigenvalue weighted by Gasteiger charge is 2.23. The minimum atomic E-state index is -0.415. The molecule has 104 valence electrons. The number of para-hydroxylation sites is 1. The molecule has 0 spiro atoms. The van der Waals surface area contributed by atoms with Crippen LogP contribution in [0.4, 0.5) is 5.69 Å². The van der Waals surface area contributed by atoms with Crippen LogP contribution in [0.25, 0.3) is 0 Å². The average Bonchev–Trinajstić information content (AvgIpc) is 2.36. The van der Waals surface area contributed by atoms with Gasteiger partial charge in [0.15, 0.2) is 0 Å². The number of hydrogen-bond donors (Lipinski definition) is 1. The fourth-order valence-electron chi connectivity index (χ4n) is 2.26. The number of rotatable bonds is 4. The van der Waals surface area contributed by atoms with Crippen LogP contribution < -0.4 is 4.90 Å². The van der Waals surface area contributed by atoms with Crippen molar-refractivity contribution in [3.63, 3.8) is 0 Å². The van der Waals surface area contributed by atoms with Crippen molar-refractivity contribution < 1.29 is 9.90 Å². The van der Waals surface area contributed by atoms with Crippen LogP contribution in [0, 0.1) is 0 Å². The lowest BCUT2D eigenvalue weighted by molar-refractivity contribution is -0.119. The highest BCUT2D eigenvalue weighted by atomic mass is 32.2. The summed E-state index contributed by atoms with van der Waals surface area (Å²) in [5.41, 5.74) is 1.01. The number of amides is 1. The molecule has 1 N–H and O–H groups in total. The van der Waals surface area contributed by atoms with Gasteiger partial charge in [-0.2, -0.15) is 0 Å². The Morgan fingerprint density at radius 1 is 1.53 bits per heavy atom. The molecule has 1 unspecified atom stereocenters. The predicted molar refractivity (Wildman–Crippen MR) is 78.7 cm³/mol. The molecule has 0 aliphatic carbocycles. The van der Waals surface area contributed by atoms with Crippen molar-refractivity contribution in [1.82, 2.24) is 4.90 Å². The van der Waals surface area contributed by atoms with Crippen LogP contribution >= 0.6 is 11.8 Å². The fourth-order valence-corrected chi connectivity index (χ4v) is 3.26. The minimum absolute atomic E-state index is 0.0934. The van der Waals surface area contributed by atoms with Crippen LogP contribution in [0.3, 0.4) is 0 Å². The number of hydrogen-bond acceptors (Lipinski definition) is 4. The second kappa shape index (κ2) is 6.41. The van der Waals surface area contributed by atoms with Gasteiger partial charge in [-0.15, -0.1) is 11.8 Å². The van der Waals surface area contributed by atoms with Gasteiger partial charge >= 0.3 is 0 Å². The lowest BCUT2D eigenvalue weighted by Gasteiger charge is -2.30. The molecule has 0 saturated heterocycles. The van der Waals surface area contributed by atoms with Gasteiger partial charge in [0, 0.05) is 23.7 Å². The van der Waals surface area contributed by atoms with Crippen molar-refractivity contribution in [1.29, 1.82) is 0 Å². The predicted octanol–water partition coefficient (Wildman–Crippen LogP) is 1.44. The van der Waals surface area contributed by atoms with E-state index in [1.54, 1.807) is 18.7 Å². The van der Waals surface area contributed by atoms with Crippen LogP contribution in [0.2, 0.25) is 0 Å². The Kier molecular flexibility index (Phi) is 4.85. The minimum Gasteiger partial charge on any atom is -0.392 e. The number of fused-ring (bicyclic) bond motifs is 1. The first-order valence-electron chi connectivity index (χ1n) is 6.46. The SMILES string of the molecule is CC(O)CN(C)CC(=O)N1CCSc2ccccc21. The number of aliphatic hydroxyl groups excluding tert-OH is 1. The average molecular weight is 280 g/mol. The van der Waals surface area contributed by atoms with E-state index in [0.717, 1.165) is 18.0 Å². The molecule has 1 heterocycles. The van der Waals surface area contributed by atoms with Crippen molar-refractivity contribution >= 4 is 23.4 Å². The third-order valence-corrected chi connectivity index (χ3v) is 4.05. The van der Waals surface area contributed by atoms with Gasteiger partial charge < -0.3 is 10.0 Å². The summed E-state index contributed by atoms with van der Waals surface area (Å²) in [4.78, 5) is 17.2. The highest BCUT2D eigenvalue weighted by molar-refractivity contribution is 7.99. The van der Waals surface area contributed by atoms with E-state index in [-0.39, 0.29) is 5.91 Å². The molecule has 2 rings (SSSR count). The van der Waals surface area contributed by atoms with Crippen LogP contribution in [0.1, 0.15) is 6.92 Å². The number of nitrogens with zero attached hydrogens (tertiary/aromatic N) is 2. The normalized spacial score (nSPS) is 16.3. The van der Waals surface area contributed by atoms with Gasteiger partial charge in [0.1, 0.15) is 0 Å². The van der Waals surface area contributed by atoms with Crippen LogP contribution in [-0.4, -0.2) is 54.5 Å². The Balaban J connectivity index is 2.04. The molecular formula is C14H20N2O2S. The standard InChI is InChI=1S/C14H20N2O2S/c1-11(17)9-15(2)10-14(18)16-7-8-19-13-6-4-3-5-12(13)16/h3-6,11,17H,7-10H2,1-2H3. The van der Waals surface area contributed by atoms with Crippen molar-refractivity contribution in [2.75, 3.05) is 37.3 Å². The van der Waals surface area contributed by atoms with Crippen LogP contribution in [0.5, 0.6) is 0 Å². The summed E-state index contributed by atoms with van der Waals surface area (Å²) < 4.78 is 0. The lowest BCUT2D eigenvalue weighted by Crippen LogP contribution is -2.43. The zero-order valence-corrected chi connectivity index (χ0v) is 12.2. The van der Waals surface area contributed by atoms with E-state index in [0.29, 0.717) is 13.1 Å². The first-order valence-corrected chi connectivity index (χ1v) is 7.45. The van der Waals surface area contributed by atoms with Gasteiger partial charge in [-0.25, -0.2) is 0 Å².